The monoisotopic (exact) mass is 362 g/mol. The minimum Gasteiger partial charge on any atom is -0.206 e. The molecule has 0 N–H and O–H groups in total. The summed E-state index contributed by atoms with van der Waals surface area (Å²) in [5.74, 6) is -0.478. The zero-order valence-corrected chi connectivity index (χ0v) is 13.8. The molecule has 4 nitrogen and oxygen atoms in total. The summed E-state index contributed by atoms with van der Waals surface area (Å²) in [5, 5.41) is 11.4. The number of rotatable bonds is 7. The van der Waals surface area contributed by atoms with Crippen molar-refractivity contribution in [1.82, 2.24) is 14.9 Å². The van der Waals surface area contributed by atoms with E-state index in [1.165, 1.54) is 30.0 Å². The molecule has 0 saturated carbocycles. The highest BCUT2D eigenvalue weighted by molar-refractivity contribution is 7.99. The van der Waals surface area contributed by atoms with Crippen LogP contribution in [0.5, 0.6) is 0 Å². The van der Waals surface area contributed by atoms with E-state index < -0.39 is 18.1 Å². The Kier molecular flexibility index (Phi) is 6.47. The first-order valence-corrected chi connectivity index (χ1v) is 8.25. The molecule has 1 heterocycles. The molecular formula is C14H14ClF3N4S. The van der Waals surface area contributed by atoms with Crippen LogP contribution in [0.4, 0.5) is 13.2 Å². The van der Waals surface area contributed by atoms with Gasteiger partial charge in [0.2, 0.25) is 11.0 Å². The van der Waals surface area contributed by atoms with Gasteiger partial charge in [0.1, 0.15) is 5.82 Å². The highest BCUT2D eigenvalue weighted by Gasteiger charge is 2.20. The Morgan fingerprint density at radius 2 is 2.17 bits per heavy atom. The Morgan fingerprint density at radius 3 is 2.83 bits per heavy atom. The van der Waals surface area contributed by atoms with Crippen LogP contribution >= 0.6 is 23.4 Å². The van der Waals surface area contributed by atoms with E-state index in [-0.39, 0.29) is 15.7 Å². The van der Waals surface area contributed by atoms with Gasteiger partial charge in [-0.05, 0) is 18.6 Å². The molecule has 2 aromatic rings. The largest absolute Gasteiger partial charge is 0.299 e. The normalized spacial score (nSPS) is 11.7. The van der Waals surface area contributed by atoms with Crippen LogP contribution in [0.25, 0.3) is 0 Å². The Hall–Kier alpha value is -1.54. The van der Waals surface area contributed by atoms with Gasteiger partial charge in [0.15, 0.2) is 0 Å². The fourth-order valence-electron chi connectivity index (χ4n) is 1.67. The van der Waals surface area contributed by atoms with Gasteiger partial charge in [0, 0.05) is 11.3 Å². The maximum absolute atomic E-state index is 13.7. The number of hydrogen-bond donors (Lipinski definition) is 0. The molecule has 124 valence electrons. The Bertz CT molecular complexity index is 670. The zero-order chi connectivity index (χ0) is 16.8. The lowest BCUT2D eigenvalue weighted by Crippen LogP contribution is -2.02. The SMILES string of the molecule is CCCCSc1nnc(C(F)F)n1/N=C\c1c(F)cccc1Cl. The lowest BCUT2D eigenvalue weighted by atomic mass is 10.2. The van der Waals surface area contributed by atoms with Crippen molar-refractivity contribution in [2.45, 2.75) is 31.3 Å². The van der Waals surface area contributed by atoms with Gasteiger partial charge in [-0.3, -0.25) is 0 Å². The summed E-state index contributed by atoms with van der Waals surface area (Å²) in [6, 6.07) is 4.15. The number of unbranched alkanes of at least 4 members (excludes halogenated alkanes) is 1. The predicted molar refractivity (Wildman–Crippen MR) is 85.0 cm³/mol. The molecule has 0 bridgehead atoms. The van der Waals surface area contributed by atoms with Gasteiger partial charge < -0.3 is 0 Å². The van der Waals surface area contributed by atoms with Gasteiger partial charge in [-0.25, -0.2) is 13.2 Å². The van der Waals surface area contributed by atoms with Gasteiger partial charge in [0.25, 0.3) is 6.43 Å². The van der Waals surface area contributed by atoms with Crippen LogP contribution in [0.1, 0.15) is 37.6 Å². The maximum Gasteiger partial charge on any atom is 0.299 e. The summed E-state index contributed by atoms with van der Waals surface area (Å²) in [5.41, 5.74) is 0.0209. The van der Waals surface area contributed by atoms with Crippen LogP contribution in [0.2, 0.25) is 5.02 Å². The number of benzene rings is 1. The highest BCUT2D eigenvalue weighted by atomic mass is 35.5. The number of alkyl halides is 2. The van der Waals surface area contributed by atoms with Crippen LogP contribution in [-0.2, 0) is 0 Å². The van der Waals surface area contributed by atoms with Crippen molar-refractivity contribution in [2.75, 3.05) is 5.75 Å². The van der Waals surface area contributed by atoms with Gasteiger partial charge in [-0.1, -0.05) is 42.8 Å². The number of thioether (sulfide) groups is 1. The van der Waals surface area contributed by atoms with Crippen molar-refractivity contribution < 1.29 is 13.2 Å². The first kappa shape index (κ1) is 17.8. The maximum atomic E-state index is 13.7. The third-order valence-corrected chi connectivity index (χ3v) is 4.20. The van der Waals surface area contributed by atoms with Crippen molar-refractivity contribution >= 4 is 29.6 Å². The van der Waals surface area contributed by atoms with Gasteiger partial charge >= 0.3 is 0 Å². The van der Waals surface area contributed by atoms with Crippen molar-refractivity contribution in [1.29, 1.82) is 0 Å². The molecule has 9 heteroatoms. The molecule has 0 aliphatic heterocycles. The van der Waals surface area contributed by atoms with Gasteiger partial charge in [-0.2, -0.15) is 9.78 Å². The summed E-state index contributed by atoms with van der Waals surface area (Å²) < 4.78 is 40.7. The molecule has 0 spiro atoms. The van der Waals surface area contributed by atoms with E-state index in [2.05, 4.69) is 15.3 Å². The second-order valence-electron chi connectivity index (χ2n) is 4.54. The van der Waals surface area contributed by atoms with Crippen LogP contribution < -0.4 is 0 Å². The van der Waals surface area contributed by atoms with Crippen molar-refractivity contribution in [3.8, 4) is 0 Å². The van der Waals surface area contributed by atoms with E-state index in [4.69, 9.17) is 11.6 Å². The number of halogens is 4. The second-order valence-corrected chi connectivity index (χ2v) is 6.00. The highest BCUT2D eigenvalue weighted by Crippen LogP contribution is 2.24. The molecule has 0 fully saturated rings. The van der Waals surface area contributed by atoms with Crippen LogP contribution in [0, 0.1) is 5.82 Å². The summed E-state index contributed by atoms with van der Waals surface area (Å²) in [6.45, 7) is 2.02. The van der Waals surface area contributed by atoms with E-state index in [9.17, 15) is 13.2 Å². The molecule has 0 unspecified atom stereocenters. The Balaban J connectivity index is 2.33. The molecule has 2 rings (SSSR count). The van der Waals surface area contributed by atoms with E-state index in [0.717, 1.165) is 23.7 Å². The van der Waals surface area contributed by atoms with Crippen molar-refractivity contribution in [3.05, 3.63) is 40.4 Å². The quantitative estimate of drug-likeness (QED) is 0.404. The van der Waals surface area contributed by atoms with E-state index >= 15 is 0 Å². The van der Waals surface area contributed by atoms with E-state index in [0.29, 0.717) is 5.75 Å². The minimum atomic E-state index is -2.84. The molecule has 1 aromatic heterocycles. The fraction of sp³-hybridized carbons (Fsp3) is 0.357. The minimum absolute atomic E-state index is 0.0209. The first-order chi connectivity index (χ1) is 11.0. The molecule has 0 atom stereocenters. The lowest BCUT2D eigenvalue weighted by Gasteiger charge is -2.04. The molecule has 0 saturated heterocycles. The van der Waals surface area contributed by atoms with Crippen LogP contribution in [0.3, 0.4) is 0 Å². The van der Waals surface area contributed by atoms with Crippen molar-refractivity contribution in [2.24, 2.45) is 5.10 Å². The summed E-state index contributed by atoms with van der Waals surface area (Å²) in [6.07, 6.45) is 0.134. The zero-order valence-electron chi connectivity index (χ0n) is 12.2. The summed E-state index contributed by atoms with van der Waals surface area (Å²) >= 11 is 7.16. The number of nitrogens with zero attached hydrogens (tertiary/aromatic N) is 4. The van der Waals surface area contributed by atoms with Crippen LogP contribution in [0.15, 0.2) is 28.5 Å². The number of aromatic nitrogens is 3. The smallest absolute Gasteiger partial charge is 0.206 e. The molecule has 0 aliphatic rings. The fourth-order valence-corrected chi connectivity index (χ4v) is 2.86. The van der Waals surface area contributed by atoms with E-state index in [1.807, 2.05) is 6.92 Å². The molecule has 0 radical (unpaired) electrons. The molecule has 23 heavy (non-hydrogen) atoms. The molecule has 1 aromatic carbocycles. The van der Waals surface area contributed by atoms with Crippen molar-refractivity contribution in [3.63, 3.8) is 0 Å². The lowest BCUT2D eigenvalue weighted by molar-refractivity contribution is 0.135. The predicted octanol–water partition coefficient (Wildman–Crippen LogP) is 4.78. The third kappa shape index (κ3) is 4.48. The first-order valence-electron chi connectivity index (χ1n) is 6.89. The Labute approximate surface area is 140 Å². The van der Waals surface area contributed by atoms with E-state index in [1.54, 1.807) is 0 Å². The average molecular weight is 363 g/mol. The third-order valence-electron chi connectivity index (χ3n) is 2.86. The Morgan fingerprint density at radius 1 is 1.39 bits per heavy atom. The molecule has 0 amide bonds. The summed E-state index contributed by atoms with van der Waals surface area (Å²) in [4.78, 5) is 0. The summed E-state index contributed by atoms with van der Waals surface area (Å²) in [7, 11) is 0. The average Bonchev–Trinajstić information content (AvgIpc) is 2.90. The molecule has 0 aliphatic carbocycles. The standard InChI is InChI=1S/C14H14ClF3N4S/c1-2-3-7-23-14-21-20-13(12(17)18)22(14)19-8-9-10(15)5-4-6-11(9)16/h4-6,8,12H,2-3,7H2,1H3/b19-8-. The topological polar surface area (TPSA) is 43.1 Å². The van der Waals surface area contributed by atoms with Gasteiger partial charge in [-0.15, -0.1) is 10.2 Å². The van der Waals surface area contributed by atoms with Crippen LogP contribution in [-0.4, -0.2) is 26.8 Å². The number of hydrogen-bond acceptors (Lipinski definition) is 4. The molecular weight excluding hydrogens is 349 g/mol. The van der Waals surface area contributed by atoms with Gasteiger partial charge in [0.05, 0.1) is 11.2 Å². The second kappa shape index (κ2) is 8.35.